The lowest BCUT2D eigenvalue weighted by Gasteiger charge is -2.23. The number of nitrogens with one attached hydrogen (secondary N) is 1. The van der Waals surface area contributed by atoms with Gasteiger partial charge >= 0.3 is 5.97 Å². The Hall–Kier alpha value is -2.76. The number of hydrogen-bond acceptors (Lipinski definition) is 4. The van der Waals surface area contributed by atoms with E-state index in [1.807, 2.05) is 6.92 Å². The number of aryl methyl sites for hydroxylation is 3. The number of carbonyl (C=O) groups is 2. The smallest absolute Gasteiger partial charge is 0.336 e. The summed E-state index contributed by atoms with van der Waals surface area (Å²) in [5.41, 5.74) is 4.31. The van der Waals surface area contributed by atoms with E-state index in [1.165, 1.54) is 12.4 Å². The van der Waals surface area contributed by atoms with E-state index in [0.29, 0.717) is 17.7 Å². The van der Waals surface area contributed by atoms with E-state index in [2.05, 4.69) is 15.3 Å². The molecule has 1 atom stereocenters. The molecule has 1 aromatic heterocycles. The van der Waals surface area contributed by atoms with Crippen molar-refractivity contribution in [2.24, 2.45) is 5.92 Å². The van der Waals surface area contributed by atoms with E-state index in [1.54, 1.807) is 19.2 Å². The molecule has 24 heavy (non-hydrogen) atoms. The van der Waals surface area contributed by atoms with Gasteiger partial charge in [0.25, 0.3) is 0 Å². The summed E-state index contributed by atoms with van der Waals surface area (Å²) in [6.45, 7) is 3.61. The van der Waals surface area contributed by atoms with Crippen LogP contribution in [0.2, 0.25) is 0 Å². The maximum Gasteiger partial charge on any atom is 0.336 e. The van der Waals surface area contributed by atoms with Crippen LogP contribution in [-0.2, 0) is 17.6 Å². The predicted molar refractivity (Wildman–Crippen MR) is 89.1 cm³/mol. The number of carboxylic acid groups (broad SMARTS) is 1. The Balaban J connectivity index is 1.79. The van der Waals surface area contributed by atoms with Gasteiger partial charge in [-0.2, -0.15) is 0 Å². The predicted octanol–water partition coefficient (Wildman–Crippen LogP) is 2.54. The Morgan fingerprint density at radius 2 is 2.04 bits per heavy atom. The minimum atomic E-state index is -0.994. The first-order valence-electron chi connectivity index (χ1n) is 7.89. The number of benzene rings is 1. The third kappa shape index (κ3) is 3.13. The number of carboxylic acids is 1. The Bertz CT molecular complexity index is 817. The van der Waals surface area contributed by atoms with Gasteiger partial charge in [0, 0.05) is 23.5 Å². The summed E-state index contributed by atoms with van der Waals surface area (Å²) >= 11 is 0. The van der Waals surface area contributed by atoms with E-state index in [4.69, 9.17) is 0 Å². The summed E-state index contributed by atoms with van der Waals surface area (Å²) in [4.78, 5) is 32.1. The minimum absolute atomic E-state index is 0.0900. The van der Waals surface area contributed by atoms with Crippen molar-refractivity contribution in [2.75, 3.05) is 5.32 Å². The number of anilines is 1. The first-order valence-corrected chi connectivity index (χ1v) is 7.89. The second-order valence-corrected chi connectivity index (χ2v) is 6.21. The fourth-order valence-electron chi connectivity index (χ4n) is 3.13. The average Bonchev–Trinajstić information content (AvgIpc) is 2.56. The summed E-state index contributed by atoms with van der Waals surface area (Å²) in [6.07, 6.45) is 5.39. The van der Waals surface area contributed by atoms with Gasteiger partial charge < -0.3 is 10.4 Å². The summed E-state index contributed by atoms with van der Waals surface area (Å²) in [6, 6.07) is 3.31. The number of amides is 1. The minimum Gasteiger partial charge on any atom is -0.478 e. The molecule has 6 heteroatoms. The third-order valence-electron chi connectivity index (χ3n) is 4.51. The van der Waals surface area contributed by atoms with E-state index in [9.17, 15) is 14.7 Å². The summed E-state index contributed by atoms with van der Waals surface area (Å²) in [7, 11) is 0. The molecule has 1 amide bonds. The number of aromatic carboxylic acids is 1. The normalized spacial score (nSPS) is 16.3. The van der Waals surface area contributed by atoms with Gasteiger partial charge in [0.1, 0.15) is 6.33 Å². The zero-order valence-corrected chi connectivity index (χ0v) is 13.7. The fourth-order valence-corrected chi connectivity index (χ4v) is 3.13. The van der Waals surface area contributed by atoms with Crippen LogP contribution in [0.25, 0.3) is 0 Å². The Morgan fingerprint density at radius 3 is 2.79 bits per heavy atom. The molecule has 0 fully saturated rings. The van der Waals surface area contributed by atoms with Crippen LogP contribution in [0.3, 0.4) is 0 Å². The van der Waals surface area contributed by atoms with Crippen LogP contribution in [0.5, 0.6) is 0 Å². The lowest BCUT2D eigenvalue weighted by Crippen LogP contribution is -2.29. The molecule has 6 nitrogen and oxygen atoms in total. The summed E-state index contributed by atoms with van der Waals surface area (Å²) in [5, 5.41) is 12.1. The molecular weight excluding hydrogens is 306 g/mol. The number of fused-ring (bicyclic) bond motifs is 1. The maximum atomic E-state index is 12.6. The van der Waals surface area contributed by atoms with E-state index in [0.717, 1.165) is 29.7 Å². The van der Waals surface area contributed by atoms with Crippen molar-refractivity contribution in [1.82, 2.24) is 9.97 Å². The van der Waals surface area contributed by atoms with Crippen molar-refractivity contribution in [3.8, 4) is 0 Å². The van der Waals surface area contributed by atoms with Crippen molar-refractivity contribution < 1.29 is 14.7 Å². The zero-order valence-electron chi connectivity index (χ0n) is 13.7. The van der Waals surface area contributed by atoms with Gasteiger partial charge in [-0.3, -0.25) is 4.79 Å². The molecule has 0 bridgehead atoms. The first-order chi connectivity index (χ1) is 11.5. The standard InChI is InChI=1S/C18H19N3O3/c1-10-5-11(2)16(7-14(10)18(23)24)21-17(22)12-3-4-15-13(6-12)8-19-9-20-15/h5,7-9,12H,3-4,6H2,1-2H3,(H,21,22)(H,23,24). The van der Waals surface area contributed by atoms with Gasteiger partial charge in [0.15, 0.2) is 0 Å². The molecule has 0 saturated carbocycles. The van der Waals surface area contributed by atoms with Crippen LogP contribution in [0.4, 0.5) is 5.69 Å². The van der Waals surface area contributed by atoms with E-state index < -0.39 is 5.97 Å². The van der Waals surface area contributed by atoms with Crippen molar-refractivity contribution in [2.45, 2.75) is 33.1 Å². The number of nitrogens with zero attached hydrogens (tertiary/aromatic N) is 2. The number of rotatable bonds is 3. The Morgan fingerprint density at radius 1 is 1.25 bits per heavy atom. The van der Waals surface area contributed by atoms with Gasteiger partial charge in [-0.15, -0.1) is 0 Å². The number of hydrogen-bond donors (Lipinski definition) is 2. The Labute approximate surface area is 140 Å². The maximum absolute atomic E-state index is 12.6. The van der Waals surface area contributed by atoms with Crippen LogP contribution in [0.15, 0.2) is 24.7 Å². The van der Waals surface area contributed by atoms with Crippen LogP contribution >= 0.6 is 0 Å². The molecule has 2 aromatic rings. The molecule has 1 aliphatic rings. The first kappa shape index (κ1) is 16.1. The number of aromatic nitrogens is 2. The third-order valence-corrected chi connectivity index (χ3v) is 4.51. The second kappa shape index (κ2) is 6.39. The topological polar surface area (TPSA) is 92.2 Å². The summed E-state index contributed by atoms with van der Waals surface area (Å²) in [5.74, 6) is -1.24. The van der Waals surface area contributed by atoms with Gasteiger partial charge in [-0.1, -0.05) is 6.07 Å². The lowest BCUT2D eigenvalue weighted by molar-refractivity contribution is -0.120. The molecule has 1 aromatic carbocycles. The summed E-state index contributed by atoms with van der Waals surface area (Å²) < 4.78 is 0. The fraction of sp³-hybridized carbons (Fsp3) is 0.333. The highest BCUT2D eigenvalue weighted by Gasteiger charge is 2.26. The monoisotopic (exact) mass is 325 g/mol. The van der Waals surface area contributed by atoms with Crippen LogP contribution in [0, 0.1) is 19.8 Å². The molecule has 0 radical (unpaired) electrons. The molecule has 2 N–H and O–H groups in total. The van der Waals surface area contributed by atoms with Gasteiger partial charge in [-0.25, -0.2) is 14.8 Å². The van der Waals surface area contributed by atoms with E-state index >= 15 is 0 Å². The van der Waals surface area contributed by atoms with Crippen LogP contribution in [0.1, 0.15) is 39.2 Å². The zero-order chi connectivity index (χ0) is 17.3. The molecule has 0 spiro atoms. The van der Waals surface area contributed by atoms with Crippen molar-refractivity contribution >= 4 is 17.6 Å². The van der Waals surface area contributed by atoms with E-state index in [-0.39, 0.29) is 17.4 Å². The van der Waals surface area contributed by atoms with Crippen molar-refractivity contribution in [3.63, 3.8) is 0 Å². The highest BCUT2D eigenvalue weighted by atomic mass is 16.4. The molecule has 1 aliphatic carbocycles. The molecule has 0 aliphatic heterocycles. The average molecular weight is 325 g/mol. The highest BCUT2D eigenvalue weighted by molar-refractivity contribution is 5.96. The van der Waals surface area contributed by atoms with Crippen molar-refractivity contribution in [3.05, 3.63) is 52.6 Å². The molecule has 3 rings (SSSR count). The molecule has 1 heterocycles. The molecule has 1 unspecified atom stereocenters. The van der Waals surface area contributed by atoms with Gasteiger partial charge in [0.05, 0.1) is 5.56 Å². The number of carbonyl (C=O) groups excluding carboxylic acids is 1. The largest absolute Gasteiger partial charge is 0.478 e. The SMILES string of the molecule is Cc1cc(C)c(C(=O)O)cc1NC(=O)C1CCc2ncncc2C1. The quantitative estimate of drug-likeness (QED) is 0.904. The molecular formula is C18H19N3O3. The van der Waals surface area contributed by atoms with Crippen molar-refractivity contribution in [1.29, 1.82) is 0 Å². The Kier molecular flexibility index (Phi) is 4.29. The second-order valence-electron chi connectivity index (χ2n) is 6.21. The van der Waals surface area contributed by atoms with Gasteiger partial charge in [0.2, 0.25) is 5.91 Å². The highest BCUT2D eigenvalue weighted by Crippen LogP contribution is 2.26. The molecule has 0 saturated heterocycles. The van der Waals surface area contributed by atoms with Crippen LogP contribution in [-0.4, -0.2) is 27.0 Å². The van der Waals surface area contributed by atoms with Crippen LogP contribution < -0.4 is 5.32 Å². The molecule has 124 valence electrons. The van der Waals surface area contributed by atoms with Gasteiger partial charge in [-0.05, 0) is 55.9 Å². The lowest BCUT2D eigenvalue weighted by atomic mass is 9.86.